The fourth-order valence-electron chi connectivity index (χ4n) is 2.97. The molecule has 0 aliphatic carbocycles. The molecule has 0 amide bonds. The minimum Gasteiger partial charge on any atom is -0.304 e. The molecule has 1 aromatic heterocycles. The number of aryl methyl sites for hydroxylation is 1. The molecule has 3 aromatic rings. The summed E-state index contributed by atoms with van der Waals surface area (Å²) in [6.45, 7) is 2.92. The van der Waals surface area contributed by atoms with E-state index in [4.69, 9.17) is 0 Å². The van der Waals surface area contributed by atoms with E-state index < -0.39 is 0 Å². The average molecular weight is 320 g/mol. The van der Waals surface area contributed by atoms with E-state index in [2.05, 4.69) is 64.9 Å². The number of nitrogens with one attached hydrogen (secondary N) is 1. The van der Waals surface area contributed by atoms with E-state index in [1.54, 1.807) is 4.80 Å². The van der Waals surface area contributed by atoms with Crippen LogP contribution in [0, 0.1) is 0 Å². The smallest absolute Gasteiger partial charge is 0.117 e. The highest BCUT2D eigenvalue weighted by atomic mass is 15.5. The van der Waals surface area contributed by atoms with Crippen LogP contribution in [-0.4, -0.2) is 15.0 Å². The lowest BCUT2D eigenvalue weighted by Crippen LogP contribution is -2.21. The van der Waals surface area contributed by atoms with Crippen LogP contribution >= 0.6 is 0 Å². The number of hydrogen-bond donors (Lipinski definition) is 1. The number of aromatic nitrogens is 3. The van der Waals surface area contributed by atoms with Gasteiger partial charge >= 0.3 is 0 Å². The lowest BCUT2D eigenvalue weighted by atomic mass is 10.0. The SMILES string of the molecule is CCC[C@H](NCc1nn(C)nc1-c1ccccc1)c1ccccc1. The summed E-state index contributed by atoms with van der Waals surface area (Å²) in [5.74, 6) is 0. The first-order chi connectivity index (χ1) is 11.8. The van der Waals surface area contributed by atoms with Crippen molar-refractivity contribution >= 4 is 0 Å². The van der Waals surface area contributed by atoms with Crippen molar-refractivity contribution in [3.05, 3.63) is 71.9 Å². The fraction of sp³-hybridized carbons (Fsp3) is 0.300. The predicted octanol–water partition coefficient (Wildman–Crippen LogP) is 4.11. The second-order valence-corrected chi connectivity index (χ2v) is 5.98. The number of nitrogens with zero attached hydrogens (tertiary/aromatic N) is 3. The molecule has 3 rings (SSSR count). The second kappa shape index (κ2) is 7.88. The summed E-state index contributed by atoms with van der Waals surface area (Å²) in [6.07, 6.45) is 2.24. The molecule has 4 heteroatoms. The maximum Gasteiger partial charge on any atom is 0.117 e. The minimum absolute atomic E-state index is 0.335. The molecular formula is C20H24N4. The molecule has 124 valence electrons. The molecule has 0 aliphatic heterocycles. The Morgan fingerprint density at radius 2 is 1.62 bits per heavy atom. The topological polar surface area (TPSA) is 42.7 Å². The normalized spacial score (nSPS) is 12.2. The largest absolute Gasteiger partial charge is 0.304 e. The Hall–Kier alpha value is -2.46. The van der Waals surface area contributed by atoms with Crippen LogP contribution in [0.3, 0.4) is 0 Å². The van der Waals surface area contributed by atoms with Gasteiger partial charge in [-0.2, -0.15) is 15.0 Å². The number of hydrogen-bond acceptors (Lipinski definition) is 3. The van der Waals surface area contributed by atoms with E-state index in [0.717, 1.165) is 29.8 Å². The zero-order valence-corrected chi connectivity index (χ0v) is 14.3. The van der Waals surface area contributed by atoms with E-state index in [-0.39, 0.29) is 0 Å². The van der Waals surface area contributed by atoms with Crippen LogP contribution in [0.25, 0.3) is 11.3 Å². The maximum absolute atomic E-state index is 4.56. The van der Waals surface area contributed by atoms with Crippen LogP contribution < -0.4 is 5.32 Å². The van der Waals surface area contributed by atoms with Gasteiger partial charge in [-0.15, -0.1) is 0 Å². The molecular weight excluding hydrogens is 296 g/mol. The van der Waals surface area contributed by atoms with E-state index in [9.17, 15) is 0 Å². The Labute approximate surface area is 143 Å². The predicted molar refractivity (Wildman–Crippen MR) is 97.4 cm³/mol. The first-order valence-electron chi connectivity index (χ1n) is 8.52. The van der Waals surface area contributed by atoms with Gasteiger partial charge in [-0.25, -0.2) is 0 Å². The highest BCUT2D eigenvalue weighted by molar-refractivity contribution is 5.60. The summed E-state index contributed by atoms with van der Waals surface area (Å²) in [4.78, 5) is 1.65. The maximum atomic E-state index is 4.56. The monoisotopic (exact) mass is 320 g/mol. The summed E-state index contributed by atoms with van der Waals surface area (Å²) in [5, 5.41) is 12.8. The van der Waals surface area contributed by atoms with Crippen LogP contribution in [0.15, 0.2) is 60.7 Å². The van der Waals surface area contributed by atoms with Gasteiger partial charge in [0.1, 0.15) is 11.4 Å². The molecule has 24 heavy (non-hydrogen) atoms. The summed E-state index contributed by atoms with van der Waals surface area (Å²) in [5.41, 5.74) is 4.37. The molecule has 0 unspecified atom stereocenters. The Morgan fingerprint density at radius 1 is 0.958 bits per heavy atom. The van der Waals surface area contributed by atoms with Gasteiger partial charge in [-0.05, 0) is 12.0 Å². The molecule has 0 aliphatic rings. The van der Waals surface area contributed by atoms with Crippen LogP contribution in [-0.2, 0) is 13.6 Å². The molecule has 1 heterocycles. The van der Waals surface area contributed by atoms with Crippen molar-refractivity contribution in [3.63, 3.8) is 0 Å². The third-order valence-electron chi connectivity index (χ3n) is 4.13. The van der Waals surface area contributed by atoms with Crippen LogP contribution in [0.1, 0.15) is 37.1 Å². The molecule has 1 N–H and O–H groups in total. The summed E-state index contributed by atoms with van der Waals surface area (Å²) >= 11 is 0. The Bertz CT molecular complexity index is 750. The molecule has 0 radical (unpaired) electrons. The standard InChI is InChI=1S/C20H24N4/c1-3-10-18(16-11-6-4-7-12-16)21-15-19-20(23-24(2)22-19)17-13-8-5-9-14-17/h4-9,11-14,18,21H,3,10,15H2,1-2H3/t18-/m0/s1. The zero-order valence-electron chi connectivity index (χ0n) is 14.3. The molecule has 0 bridgehead atoms. The summed E-state index contributed by atoms with van der Waals surface area (Å²) in [7, 11) is 1.87. The third-order valence-corrected chi connectivity index (χ3v) is 4.13. The van der Waals surface area contributed by atoms with Crippen LogP contribution in [0.2, 0.25) is 0 Å². The van der Waals surface area contributed by atoms with Gasteiger partial charge in [0.2, 0.25) is 0 Å². The Morgan fingerprint density at radius 3 is 2.29 bits per heavy atom. The quantitative estimate of drug-likeness (QED) is 0.712. The lowest BCUT2D eigenvalue weighted by molar-refractivity contribution is 0.487. The molecule has 1 atom stereocenters. The van der Waals surface area contributed by atoms with Crippen molar-refractivity contribution < 1.29 is 0 Å². The van der Waals surface area contributed by atoms with Crippen molar-refractivity contribution in [2.45, 2.75) is 32.4 Å². The van der Waals surface area contributed by atoms with Crippen LogP contribution in [0.4, 0.5) is 0 Å². The van der Waals surface area contributed by atoms with E-state index in [1.807, 2.05) is 25.2 Å². The fourth-order valence-corrected chi connectivity index (χ4v) is 2.97. The van der Waals surface area contributed by atoms with Crippen molar-refractivity contribution in [1.82, 2.24) is 20.3 Å². The van der Waals surface area contributed by atoms with Crippen LogP contribution in [0.5, 0.6) is 0 Å². The van der Waals surface area contributed by atoms with Gasteiger partial charge < -0.3 is 5.32 Å². The van der Waals surface area contributed by atoms with E-state index in [0.29, 0.717) is 12.6 Å². The first kappa shape index (κ1) is 16.4. The van der Waals surface area contributed by atoms with Gasteiger partial charge in [0.05, 0.1) is 0 Å². The van der Waals surface area contributed by atoms with Crippen molar-refractivity contribution in [1.29, 1.82) is 0 Å². The summed E-state index contributed by atoms with van der Waals surface area (Å²) < 4.78 is 0. The summed E-state index contributed by atoms with van der Waals surface area (Å²) in [6, 6.07) is 21.2. The molecule has 4 nitrogen and oxygen atoms in total. The highest BCUT2D eigenvalue weighted by Gasteiger charge is 2.15. The Balaban J connectivity index is 1.78. The third kappa shape index (κ3) is 3.89. The lowest BCUT2D eigenvalue weighted by Gasteiger charge is -2.18. The van der Waals surface area contributed by atoms with Crippen molar-refractivity contribution in [2.75, 3.05) is 0 Å². The number of benzene rings is 2. The molecule has 0 spiro atoms. The highest BCUT2D eigenvalue weighted by Crippen LogP contribution is 2.22. The first-order valence-corrected chi connectivity index (χ1v) is 8.52. The van der Waals surface area contributed by atoms with Gasteiger partial charge in [0.15, 0.2) is 0 Å². The zero-order chi connectivity index (χ0) is 16.8. The number of rotatable bonds is 7. The molecule has 0 saturated heterocycles. The molecule has 0 saturated carbocycles. The van der Waals surface area contributed by atoms with Gasteiger partial charge in [-0.1, -0.05) is 74.0 Å². The van der Waals surface area contributed by atoms with E-state index >= 15 is 0 Å². The van der Waals surface area contributed by atoms with Gasteiger partial charge in [0, 0.05) is 25.2 Å². The average Bonchev–Trinajstić information content (AvgIpc) is 3.01. The van der Waals surface area contributed by atoms with Crippen molar-refractivity contribution in [2.24, 2.45) is 7.05 Å². The second-order valence-electron chi connectivity index (χ2n) is 5.98. The van der Waals surface area contributed by atoms with E-state index in [1.165, 1.54) is 5.56 Å². The molecule has 0 fully saturated rings. The minimum atomic E-state index is 0.335. The van der Waals surface area contributed by atoms with Crippen molar-refractivity contribution in [3.8, 4) is 11.3 Å². The Kier molecular flexibility index (Phi) is 5.39. The van der Waals surface area contributed by atoms with Gasteiger partial charge in [-0.3, -0.25) is 0 Å². The molecule has 2 aromatic carbocycles. The van der Waals surface area contributed by atoms with Gasteiger partial charge in [0.25, 0.3) is 0 Å².